The van der Waals surface area contributed by atoms with E-state index in [4.69, 9.17) is 27.4 Å². The van der Waals surface area contributed by atoms with Crippen LogP contribution in [-0.2, 0) is 4.79 Å². The minimum absolute atomic E-state index is 0.0795. The molecule has 1 rings (SSSR count). The first-order valence-electron chi connectivity index (χ1n) is 5.59. The summed E-state index contributed by atoms with van der Waals surface area (Å²) in [7, 11) is 2.91. The number of methoxy groups -OCH3 is 2. The van der Waals surface area contributed by atoms with Crippen molar-refractivity contribution in [3.63, 3.8) is 0 Å². The van der Waals surface area contributed by atoms with Crippen molar-refractivity contribution in [3.05, 3.63) is 6.07 Å². The second-order valence-electron chi connectivity index (χ2n) is 3.63. The van der Waals surface area contributed by atoms with Gasteiger partial charge >= 0.3 is 0 Å². The van der Waals surface area contributed by atoms with Gasteiger partial charge < -0.3 is 15.2 Å². The summed E-state index contributed by atoms with van der Waals surface area (Å²) >= 11 is 4.83. The Balaban J connectivity index is 2.92. The van der Waals surface area contributed by atoms with Gasteiger partial charge in [0.05, 0.1) is 31.2 Å². The monoisotopic (exact) mass is 284 g/mol. The summed E-state index contributed by atoms with van der Waals surface area (Å²) in [5, 5.41) is 2.54. The number of nitrogens with one attached hydrogen (secondary N) is 1. The Morgan fingerprint density at radius 3 is 2.32 bits per heavy atom. The van der Waals surface area contributed by atoms with E-state index in [-0.39, 0.29) is 28.6 Å². The molecule has 0 aliphatic heterocycles. The molecular formula is C11H16N4O3S. The van der Waals surface area contributed by atoms with Crippen molar-refractivity contribution in [2.45, 2.75) is 13.3 Å². The first-order chi connectivity index (χ1) is 9.01. The number of nitrogens with zero attached hydrogens (tertiary/aromatic N) is 2. The highest BCUT2D eigenvalue weighted by Crippen LogP contribution is 2.18. The van der Waals surface area contributed by atoms with E-state index < -0.39 is 5.92 Å². The Hall–Kier alpha value is -1.96. The molecule has 0 bridgehead atoms. The number of nitrogens with two attached hydrogens (primary N) is 1. The third kappa shape index (κ3) is 4.02. The average molecular weight is 284 g/mol. The fourth-order valence-corrected chi connectivity index (χ4v) is 1.66. The molecule has 3 N–H and O–H groups in total. The van der Waals surface area contributed by atoms with Crippen molar-refractivity contribution in [1.29, 1.82) is 0 Å². The van der Waals surface area contributed by atoms with Crippen LogP contribution in [0.4, 0.5) is 5.95 Å². The minimum Gasteiger partial charge on any atom is -0.481 e. The van der Waals surface area contributed by atoms with Gasteiger partial charge in [-0.3, -0.25) is 10.1 Å². The Morgan fingerprint density at radius 2 is 1.95 bits per heavy atom. The fourth-order valence-electron chi connectivity index (χ4n) is 1.38. The smallest absolute Gasteiger partial charge is 0.236 e. The predicted octanol–water partition coefficient (Wildman–Crippen LogP) is 0.745. The fraction of sp³-hybridized carbons (Fsp3) is 0.455. The van der Waals surface area contributed by atoms with Crippen molar-refractivity contribution in [1.82, 2.24) is 9.97 Å². The number of hydrogen-bond donors (Lipinski definition) is 2. The summed E-state index contributed by atoms with van der Waals surface area (Å²) in [5.41, 5.74) is 5.49. The lowest BCUT2D eigenvalue weighted by atomic mass is 10.1. The van der Waals surface area contributed by atoms with E-state index in [0.29, 0.717) is 6.42 Å². The second kappa shape index (κ2) is 6.83. The number of rotatable bonds is 6. The minimum atomic E-state index is -0.559. The number of thiocarbonyl (C=S) groups is 1. The lowest BCUT2D eigenvalue weighted by molar-refractivity contribution is -0.118. The Kier molecular flexibility index (Phi) is 5.43. The third-order valence-electron chi connectivity index (χ3n) is 2.40. The molecule has 0 spiro atoms. The molecule has 1 aromatic rings. The summed E-state index contributed by atoms with van der Waals surface area (Å²) in [5.74, 6) is -0.270. The summed E-state index contributed by atoms with van der Waals surface area (Å²) in [6, 6.07) is 1.50. The van der Waals surface area contributed by atoms with Crippen molar-refractivity contribution in [2.75, 3.05) is 19.5 Å². The van der Waals surface area contributed by atoms with Gasteiger partial charge in [-0.25, -0.2) is 0 Å². The van der Waals surface area contributed by atoms with Gasteiger partial charge in [0.2, 0.25) is 23.6 Å². The Bertz CT molecular complexity index is 459. The summed E-state index contributed by atoms with van der Waals surface area (Å²) in [4.78, 5) is 20.1. The lowest BCUT2D eigenvalue weighted by Gasteiger charge is -2.13. The third-order valence-corrected chi connectivity index (χ3v) is 2.69. The molecule has 1 atom stereocenters. The van der Waals surface area contributed by atoms with Gasteiger partial charge in [0, 0.05) is 0 Å². The van der Waals surface area contributed by atoms with E-state index in [1.54, 1.807) is 0 Å². The predicted molar refractivity (Wildman–Crippen MR) is 74.3 cm³/mol. The molecule has 0 saturated heterocycles. The van der Waals surface area contributed by atoms with E-state index in [9.17, 15) is 4.79 Å². The molecule has 1 aromatic heterocycles. The molecule has 104 valence electrons. The molecule has 0 aromatic carbocycles. The molecule has 7 nitrogen and oxygen atoms in total. The standard InChI is InChI=1S/C11H16N4O3S/c1-4-6(9(12)19)10(16)15-11-13-7(17-2)5-8(14-11)18-3/h5-6H,4H2,1-3H3,(H2,12,19)(H,13,14,15,16). The number of aromatic nitrogens is 2. The van der Waals surface area contributed by atoms with Crippen LogP contribution in [0, 0.1) is 5.92 Å². The van der Waals surface area contributed by atoms with Gasteiger partial charge in [0.1, 0.15) is 0 Å². The van der Waals surface area contributed by atoms with Crippen LogP contribution in [0.3, 0.4) is 0 Å². The van der Waals surface area contributed by atoms with Gasteiger partial charge in [0.25, 0.3) is 0 Å². The van der Waals surface area contributed by atoms with Crippen LogP contribution in [0.25, 0.3) is 0 Å². The highest BCUT2D eigenvalue weighted by Gasteiger charge is 2.20. The van der Waals surface area contributed by atoms with Gasteiger partial charge in [0.15, 0.2) is 0 Å². The topological polar surface area (TPSA) is 99.4 Å². The Morgan fingerprint density at radius 1 is 1.42 bits per heavy atom. The number of hydrogen-bond acceptors (Lipinski definition) is 6. The molecule has 19 heavy (non-hydrogen) atoms. The number of ether oxygens (including phenoxy) is 2. The number of anilines is 1. The molecule has 0 aliphatic carbocycles. The van der Waals surface area contributed by atoms with Gasteiger partial charge in [-0.05, 0) is 6.42 Å². The highest BCUT2D eigenvalue weighted by atomic mass is 32.1. The van der Waals surface area contributed by atoms with Crippen LogP contribution in [-0.4, -0.2) is 35.1 Å². The largest absolute Gasteiger partial charge is 0.481 e. The summed E-state index contributed by atoms with van der Waals surface area (Å²) in [6.45, 7) is 1.82. The quantitative estimate of drug-likeness (QED) is 0.743. The van der Waals surface area contributed by atoms with Crippen LogP contribution in [0.2, 0.25) is 0 Å². The molecule has 0 aliphatic rings. The summed E-state index contributed by atoms with van der Waals surface area (Å²) in [6.07, 6.45) is 0.502. The molecular weight excluding hydrogens is 268 g/mol. The molecule has 8 heteroatoms. The van der Waals surface area contributed by atoms with Crippen LogP contribution in [0.1, 0.15) is 13.3 Å². The van der Waals surface area contributed by atoms with E-state index in [0.717, 1.165) is 0 Å². The van der Waals surface area contributed by atoms with Gasteiger partial charge in [-0.15, -0.1) is 0 Å². The zero-order valence-electron chi connectivity index (χ0n) is 11.0. The van der Waals surface area contributed by atoms with Crippen molar-refractivity contribution in [3.8, 4) is 11.8 Å². The normalized spacial score (nSPS) is 11.5. The van der Waals surface area contributed by atoms with E-state index in [1.807, 2.05) is 6.92 Å². The molecule has 0 radical (unpaired) electrons. The van der Waals surface area contributed by atoms with E-state index in [1.165, 1.54) is 20.3 Å². The maximum Gasteiger partial charge on any atom is 0.236 e. The number of carbonyl (C=O) groups excluding carboxylic acids is 1. The number of carbonyl (C=O) groups is 1. The zero-order valence-corrected chi connectivity index (χ0v) is 11.8. The first-order valence-corrected chi connectivity index (χ1v) is 5.99. The average Bonchev–Trinajstić information content (AvgIpc) is 2.38. The first kappa shape index (κ1) is 15.1. The molecule has 1 amide bonds. The maximum atomic E-state index is 11.9. The van der Waals surface area contributed by atoms with E-state index in [2.05, 4.69) is 15.3 Å². The van der Waals surface area contributed by atoms with Crippen molar-refractivity contribution >= 4 is 29.1 Å². The summed E-state index contributed by atoms with van der Waals surface area (Å²) < 4.78 is 9.96. The van der Waals surface area contributed by atoms with Crippen molar-refractivity contribution < 1.29 is 14.3 Å². The molecule has 1 heterocycles. The SMILES string of the molecule is CCC(C(=O)Nc1nc(OC)cc(OC)n1)C(N)=S. The maximum absolute atomic E-state index is 11.9. The zero-order chi connectivity index (χ0) is 14.4. The van der Waals surface area contributed by atoms with Crippen LogP contribution in [0.15, 0.2) is 6.07 Å². The Labute approximate surface area is 116 Å². The second-order valence-corrected chi connectivity index (χ2v) is 4.10. The molecule has 0 fully saturated rings. The highest BCUT2D eigenvalue weighted by molar-refractivity contribution is 7.80. The van der Waals surface area contributed by atoms with Crippen LogP contribution in [0.5, 0.6) is 11.8 Å². The lowest BCUT2D eigenvalue weighted by Crippen LogP contribution is -2.33. The van der Waals surface area contributed by atoms with Gasteiger partial charge in [-0.2, -0.15) is 9.97 Å². The number of amides is 1. The molecule has 1 unspecified atom stereocenters. The van der Waals surface area contributed by atoms with Gasteiger partial charge in [-0.1, -0.05) is 19.1 Å². The van der Waals surface area contributed by atoms with Crippen molar-refractivity contribution in [2.24, 2.45) is 11.7 Å². The van der Waals surface area contributed by atoms with Crippen LogP contribution < -0.4 is 20.5 Å². The molecule has 0 saturated carbocycles. The van der Waals surface area contributed by atoms with Crippen LogP contribution >= 0.6 is 12.2 Å². The van der Waals surface area contributed by atoms with E-state index >= 15 is 0 Å².